The molecule has 2 aliphatic rings. The predicted octanol–water partition coefficient (Wildman–Crippen LogP) is -0.709. The number of carbonyl (C=O) groups is 1. The summed E-state index contributed by atoms with van der Waals surface area (Å²) >= 11 is 1.42. The number of sulfone groups is 1. The van der Waals surface area contributed by atoms with Crippen molar-refractivity contribution in [2.24, 2.45) is 0 Å². The minimum absolute atomic E-state index is 0.0639. The standard InChI is InChI=1S/C7H11NO4S2/c9-6(10)5-3-13-7(8-5)1-2-14(11,12)4-7/h5,8H,1-4H2,(H,9,10)/t5-,7?/m0/s1. The lowest BCUT2D eigenvalue weighted by atomic mass is 10.2. The first-order chi connectivity index (χ1) is 6.43. The molecular formula is C7H11NO4S2. The second-order valence-corrected chi connectivity index (χ2v) is 7.27. The summed E-state index contributed by atoms with van der Waals surface area (Å²) in [6.45, 7) is 0. The third kappa shape index (κ3) is 1.76. The Kier molecular flexibility index (Phi) is 2.28. The highest BCUT2D eigenvalue weighted by molar-refractivity contribution is 8.02. The number of thioether (sulfide) groups is 1. The summed E-state index contributed by atoms with van der Waals surface area (Å²) in [6, 6.07) is -0.603. The van der Waals surface area contributed by atoms with Crippen molar-refractivity contribution >= 4 is 27.6 Å². The Morgan fingerprint density at radius 2 is 2.29 bits per heavy atom. The lowest BCUT2D eigenvalue weighted by molar-refractivity contribution is -0.138. The highest BCUT2D eigenvalue weighted by Crippen LogP contribution is 2.39. The van der Waals surface area contributed by atoms with E-state index in [1.807, 2.05) is 0 Å². The van der Waals surface area contributed by atoms with Crippen molar-refractivity contribution in [3.63, 3.8) is 0 Å². The van der Waals surface area contributed by atoms with E-state index in [2.05, 4.69) is 5.32 Å². The molecule has 0 aliphatic carbocycles. The van der Waals surface area contributed by atoms with Crippen LogP contribution in [0.4, 0.5) is 0 Å². The largest absolute Gasteiger partial charge is 0.480 e. The number of carboxylic acids is 1. The van der Waals surface area contributed by atoms with Gasteiger partial charge in [-0.3, -0.25) is 10.1 Å². The molecule has 0 amide bonds. The van der Waals surface area contributed by atoms with Gasteiger partial charge >= 0.3 is 5.97 Å². The van der Waals surface area contributed by atoms with E-state index in [-0.39, 0.29) is 11.5 Å². The van der Waals surface area contributed by atoms with E-state index in [9.17, 15) is 13.2 Å². The van der Waals surface area contributed by atoms with Gasteiger partial charge in [-0.1, -0.05) is 0 Å². The van der Waals surface area contributed by atoms with Crippen molar-refractivity contribution in [2.75, 3.05) is 17.3 Å². The van der Waals surface area contributed by atoms with Gasteiger partial charge in [0.15, 0.2) is 9.84 Å². The highest BCUT2D eigenvalue weighted by atomic mass is 32.2. The van der Waals surface area contributed by atoms with Gasteiger partial charge in [-0.25, -0.2) is 8.42 Å². The van der Waals surface area contributed by atoms with Gasteiger partial charge in [0.2, 0.25) is 0 Å². The number of carboxylic acid groups (broad SMARTS) is 1. The molecule has 2 N–H and O–H groups in total. The second kappa shape index (κ2) is 3.11. The van der Waals surface area contributed by atoms with E-state index in [0.717, 1.165) is 0 Å². The summed E-state index contributed by atoms with van der Waals surface area (Å²) in [5.41, 5.74) is 0. The molecule has 2 fully saturated rings. The molecule has 7 heteroatoms. The Labute approximate surface area is 86.2 Å². The van der Waals surface area contributed by atoms with Crippen LogP contribution in [0.5, 0.6) is 0 Å². The quantitative estimate of drug-likeness (QED) is 0.627. The van der Waals surface area contributed by atoms with E-state index in [0.29, 0.717) is 12.2 Å². The molecule has 2 heterocycles. The SMILES string of the molecule is O=C(O)[C@@H]1CSC2(CCS(=O)(=O)C2)N1. The Hall–Kier alpha value is -0.270. The molecule has 14 heavy (non-hydrogen) atoms. The van der Waals surface area contributed by atoms with Gasteiger partial charge in [-0.15, -0.1) is 11.8 Å². The van der Waals surface area contributed by atoms with Crippen LogP contribution in [0.2, 0.25) is 0 Å². The fourth-order valence-electron chi connectivity index (χ4n) is 1.82. The maximum Gasteiger partial charge on any atom is 0.321 e. The van der Waals surface area contributed by atoms with Crippen LogP contribution in [-0.2, 0) is 14.6 Å². The van der Waals surface area contributed by atoms with Gasteiger partial charge < -0.3 is 5.11 Å². The van der Waals surface area contributed by atoms with Crippen molar-refractivity contribution in [2.45, 2.75) is 17.3 Å². The second-order valence-electron chi connectivity index (χ2n) is 3.68. The van der Waals surface area contributed by atoms with E-state index in [1.54, 1.807) is 0 Å². The molecule has 2 saturated heterocycles. The maximum atomic E-state index is 11.3. The zero-order valence-corrected chi connectivity index (χ0v) is 9.03. The Morgan fingerprint density at radius 1 is 1.57 bits per heavy atom. The molecule has 0 aromatic carbocycles. The van der Waals surface area contributed by atoms with Gasteiger partial charge in [0.05, 0.1) is 16.4 Å². The van der Waals surface area contributed by atoms with Crippen LogP contribution in [-0.4, -0.2) is 47.7 Å². The van der Waals surface area contributed by atoms with Gasteiger partial charge in [-0.05, 0) is 6.42 Å². The molecule has 2 rings (SSSR count). The summed E-state index contributed by atoms with van der Waals surface area (Å²) in [7, 11) is -2.96. The normalized spacial score (nSPS) is 40.4. The predicted molar refractivity (Wildman–Crippen MR) is 53.0 cm³/mol. The third-order valence-electron chi connectivity index (χ3n) is 2.53. The average Bonchev–Trinajstić information content (AvgIpc) is 2.58. The molecule has 2 atom stereocenters. The summed E-state index contributed by atoms with van der Waals surface area (Å²) in [5.74, 6) is -0.225. The smallest absolute Gasteiger partial charge is 0.321 e. The summed E-state index contributed by atoms with van der Waals surface area (Å²) < 4.78 is 22.5. The minimum atomic E-state index is -2.96. The highest BCUT2D eigenvalue weighted by Gasteiger charge is 2.49. The molecule has 0 saturated carbocycles. The van der Waals surface area contributed by atoms with E-state index in [1.165, 1.54) is 11.8 Å². The Morgan fingerprint density at radius 3 is 2.71 bits per heavy atom. The van der Waals surface area contributed by atoms with Crippen LogP contribution in [0, 0.1) is 0 Å². The average molecular weight is 237 g/mol. The van der Waals surface area contributed by atoms with Crippen LogP contribution in [0.3, 0.4) is 0 Å². The van der Waals surface area contributed by atoms with Crippen LogP contribution in [0.15, 0.2) is 0 Å². The first-order valence-electron chi connectivity index (χ1n) is 4.27. The van der Waals surface area contributed by atoms with Crippen molar-refractivity contribution in [1.29, 1.82) is 0 Å². The number of rotatable bonds is 1. The molecule has 1 unspecified atom stereocenters. The molecule has 0 aromatic rings. The van der Waals surface area contributed by atoms with E-state index < -0.39 is 26.7 Å². The molecule has 0 radical (unpaired) electrons. The molecular weight excluding hydrogens is 226 g/mol. The van der Waals surface area contributed by atoms with Crippen molar-refractivity contribution in [1.82, 2.24) is 5.32 Å². The lowest BCUT2D eigenvalue weighted by Crippen LogP contribution is -2.45. The minimum Gasteiger partial charge on any atom is -0.480 e. The molecule has 2 aliphatic heterocycles. The van der Waals surface area contributed by atoms with Gasteiger partial charge in [0, 0.05) is 5.75 Å². The fraction of sp³-hybridized carbons (Fsp3) is 0.857. The van der Waals surface area contributed by atoms with Crippen LogP contribution >= 0.6 is 11.8 Å². The Bertz CT molecular complexity index is 366. The van der Waals surface area contributed by atoms with Crippen molar-refractivity contribution < 1.29 is 18.3 Å². The molecule has 1 spiro atoms. The van der Waals surface area contributed by atoms with Crippen LogP contribution < -0.4 is 5.32 Å². The van der Waals surface area contributed by atoms with Crippen molar-refractivity contribution in [3.8, 4) is 0 Å². The summed E-state index contributed by atoms with van der Waals surface area (Å²) in [6.07, 6.45) is 0.518. The Balaban J connectivity index is 2.12. The molecule has 0 bridgehead atoms. The monoisotopic (exact) mass is 237 g/mol. The maximum absolute atomic E-state index is 11.3. The van der Waals surface area contributed by atoms with Crippen molar-refractivity contribution in [3.05, 3.63) is 0 Å². The first kappa shape index (κ1) is 10.3. The van der Waals surface area contributed by atoms with Gasteiger partial charge in [0.25, 0.3) is 0 Å². The molecule has 80 valence electrons. The third-order valence-corrected chi connectivity index (χ3v) is 5.99. The van der Waals surface area contributed by atoms with Gasteiger partial charge in [-0.2, -0.15) is 0 Å². The number of aliphatic carboxylic acids is 1. The number of nitrogens with one attached hydrogen (secondary N) is 1. The lowest BCUT2D eigenvalue weighted by Gasteiger charge is -2.20. The summed E-state index contributed by atoms with van der Waals surface area (Å²) in [4.78, 5) is 10.2. The van der Waals surface area contributed by atoms with E-state index in [4.69, 9.17) is 5.11 Å². The zero-order valence-electron chi connectivity index (χ0n) is 7.39. The topological polar surface area (TPSA) is 83.5 Å². The summed E-state index contributed by atoms with van der Waals surface area (Å²) in [5, 5.41) is 11.7. The number of hydrogen-bond acceptors (Lipinski definition) is 5. The zero-order chi connectivity index (χ0) is 10.4. The molecule has 0 aromatic heterocycles. The van der Waals surface area contributed by atoms with E-state index >= 15 is 0 Å². The van der Waals surface area contributed by atoms with Crippen LogP contribution in [0.1, 0.15) is 6.42 Å². The molecule has 5 nitrogen and oxygen atoms in total. The first-order valence-corrected chi connectivity index (χ1v) is 7.08. The van der Waals surface area contributed by atoms with Crippen LogP contribution in [0.25, 0.3) is 0 Å². The fourth-order valence-corrected chi connectivity index (χ4v) is 5.75. The van der Waals surface area contributed by atoms with Gasteiger partial charge in [0.1, 0.15) is 6.04 Å². The number of hydrogen-bond donors (Lipinski definition) is 2.